The molecule has 0 amide bonds. The lowest BCUT2D eigenvalue weighted by atomic mass is 10.1. The Morgan fingerprint density at radius 2 is 2.00 bits per heavy atom. The summed E-state index contributed by atoms with van der Waals surface area (Å²) in [4.78, 5) is 0. The van der Waals surface area contributed by atoms with Gasteiger partial charge in [0.1, 0.15) is 0 Å². The molecule has 0 fully saturated rings. The van der Waals surface area contributed by atoms with Crippen LogP contribution in [-0.2, 0) is 0 Å². The zero-order valence-corrected chi connectivity index (χ0v) is 6.69. The van der Waals surface area contributed by atoms with Gasteiger partial charge in [0, 0.05) is 12.5 Å². The van der Waals surface area contributed by atoms with E-state index in [4.69, 9.17) is 12.2 Å². The quantitative estimate of drug-likeness (QED) is 0.519. The van der Waals surface area contributed by atoms with Gasteiger partial charge >= 0.3 is 6.18 Å². The summed E-state index contributed by atoms with van der Waals surface area (Å²) in [5.41, 5.74) is 5.21. The van der Waals surface area contributed by atoms with Gasteiger partial charge in [-0.2, -0.15) is 13.2 Å². The maximum atomic E-state index is 11.7. The first-order valence-electron chi connectivity index (χ1n) is 3.71. The highest BCUT2D eigenvalue weighted by Gasteiger charge is 2.29. The van der Waals surface area contributed by atoms with Crippen LogP contribution in [0.3, 0.4) is 0 Å². The summed E-state index contributed by atoms with van der Waals surface area (Å²) in [5, 5.41) is 0. The molecular formula is C8H12F3N. The van der Waals surface area contributed by atoms with E-state index in [9.17, 15) is 13.2 Å². The molecule has 1 unspecified atom stereocenters. The summed E-state index contributed by atoms with van der Waals surface area (Å²) in [7, 11) is 0. The van der Waals surface area contributed by atoms with Crippen LogP contribution in [0, 0.1) is 12.3 Å². The average Bonchev–Trinajstić information content (AvgIpc) is 1.84. The van der Waals surface area contributed by atoms with E-state index in [2.05, 4.69) is 5.92 Å². The van der Waals surface area contributed by atoms with Crippen molar-refractivity contribution in [3.8, 4) is 12.3 Å². The van der Waals surface area contributed by atoms with Gasteiger partial charge in [0.05, 0.1) is 6.42 Å². The van der Waals surface area contributed by atoms with E-state index in [1.807, 2.05) is 0 Å². The summed E-state index contributed by atoms with van der Waals surface area (Å²) in [5.74, 6) is 2.35. The Morgan fingerprint density at radius 3 is 2.42 bits per heavy atom. The number of alkyl halides is 3. The van der Waals surface area contributed by atoms with Crippen LogP contribution in [0.15, 0.2) is 0 Å². The molecule has 12 heavy (non-hydrogen) atoms. The zero-order valence-electron chi connectivity index (χ0n) is 6.69. The Labute approximate surface area is 70.1 Å². The number of hydrogen-bond donors (Lipinski definition) is 1. The van der Waals surface area contributed by atoms with Gasteiger partial charge < -0.3 is 5.73 Å². The summed E-state index contributed by atoms with van der Waals surface area (Å²) in [6, 6.07) is -0.807. The standard InChI is InChI=1S/C8H12F3N/c1-2-3-4-5-7(12)6-8(9,10)11/h1,7H,3-6,12H2. The molecule has 0 spiro atoms. The molecule has 4 heteroatoms. The fourth-order valence-electron chi connectivity index (χ4n) is 0.866. The number of terminal acetylenes is 1. The minimum atomic E-state index is -4.16. The molecule has 2 N–H and O–H groups in total. The summed E-state index contributed by atoms with van der Waals surface area (Å²) < 4.78 is 35.1. The van der Waals surface area contributed by atoms with Crippen LogP contribution in [0.2, 0.25) is 0 Å². The summed E-state index contributed by atoms with van der Waals surface area (Å²) in [6.45, 7) is 0. The molecule has 0 saturated heterocycles. The number of unbranched alkanes of at least 4 members (excludes halogenated alkanes) is 1. The molecule has 0 saturated carbocycles. The first-order chi connectivity index (χ1) is 5.45. The van der Waals surface area contributed by atoms with E-state index in [1.165, 1.54) is 0 Å². The van der Waals surface area contributed by atoms with Crippen LogP contribution in [0.25, 0.3) is 0 Å². The third-order valence-corrected chi connectivity index (χ3v) is 1.39. The van der Waals surface area contributed by atoms with Crippen molar-refractivity contribution in [2.45, 2.75) is 37.9 Å². The molecule has 1 nitrogen and oxygen atoms in total. The van der Waals surface area contributed by atoms with Crippen molar-refractivity contribution in [2.75, 3.05) is 0 Å². The van der Waals surface area contributed by atoms with Crippen molar-refractivity contribution >= 4 is 0 Å². The van der Waals surface area contributed by atoms with Crippen LogP contribution in [0.1, 0.15) is 25.7 Å². The molecular weight excluding hydrogens is 167 g/mol. The van der Waals surface area contributed by atoms with Crippen LogP contribution < -0.4 is 5.73 Å². The van der Waals surface area contributed by atoms with Crippen molar-refractivity contribution in [3.05, 3.63) is 0 Å². The smallest absolute Gasteiger partial charge is 0.327 e. The molecule has 0 heterocycles. The van der Waals surface area contributed by atoms with Crippen molar-refractivity contribution in [1.82, 2.24) is 0 Å². The van der Waals surface area contributed by atoms with Gasteiger partial charge in [-0.15, -0.1) is 12.3 Å². The van der Waals surface area contributed by atoms with Crippen LogP contribution in [-0.4, -0.2) is 12.2 Å². The normalized spacial score (nSPS) is 13.9. The fraction of sp³-hybridized carbons (Fsp3) is 0.750. The van der Waals surface area contributed by atoms with Crippen LogP contribution >= 0.6 is 0 Å². The molecule has 0 radical (unpaired) electrons. The Hall–Kier alpha value is -0.690. The predicted molar refractivity (Wildman–Crippen MR) is 41.3 cm³/mol. The second kappa shape index (κ2) is 5.04. The highest BCUT2D eigenvalue weighted by atomic mass is 19.4. The number of hydrogen-bond acceptors (Lipinski definition) is 1. The van der Waals surface area contributed by atoms with Crippen molar-refractivity contribution in [1.29, 1.82) is 0 Å². The SMILES string of the molecule is C#CCCCC(N)CC(F)(F)F. The number of nitrogens with two attached hydrogens (primary N) is 1. The van der Waals surface area contributed by atoms with Gasteiger partial charge in [0.2, 0.25) is 0 Å². The van der Waals surface area contributed by atoms with Crippen molar-refractivity contribution in [2.24, 2.45) is 5.73 Å². The Kier molecular flexibility index (Phi) is 4.75. The number of halogens is 3. The summed E-state index contributed by atoms with van der Waals surface area (Å²) >= 11 is 0. The highest BCUT2D eigenvalue weighted by molar-refractivity contribution is 4.83. The van der Waals surface area contributed by atoms with E-state index in [1.54, 1.807) is 0 Å². The minimum absolute atomic E-state index is 0.337. The van der Waals surface area contributed by atoms with Gasteiger partial charge in [-0.3, -0.25) is 0 Å². The lowest BCUT2D eigenvalue weighted by Gasteiger charge is -2.12. The molecule has 0 rings (SSSR count). The maximum absolute atomic E-state index is 11.7. The molecule has 0 aliphatic rings. The van der Waals surface area contributed by atoms with Gasteiger partial charge in [-0.05, 0) is 12.8 Å². The van der Waals surface area contributed by atoms with E-state index >= 15 is 0 Å². The lowest BCUT2D eigenvalue weighted by molar-refractivity contribution is -0.138. The van der Waals surface area contributed by atoms with E-state index in [0.29, 0.717) is 19.3 Å². The van der Waals surface area contributed by atoms with Crippen molar-refractivity contribution in [3.63, 3.8) is 0 Å². The second-order valence-corrected chi connectivity index (χ2v) is 2.68. The summed E-state index contributed by atoms with van der Waals surface area (Å²) in [6.07, 6.45) is 1.24. The van der Waals surface area contributed by atoms with Gasteiger partial charge in [0.15, 0.2) is 0 Å². The topological polar surface area (TPSA) is 26.0 Å². The molecule has 0 aromatic rings. The van der Waals surface area contributed by atoms with E-state index in [-0.39, 0.29) is 0 Å². The van der Waals surface area contributed by atoms with Crippen LogP contribution in [0.5, 0.6) is 0 Å². The largest absolute Gasteiger partial charge is 0.390 e. The van der Waals surface area contributed by atoms with Gasteiger partial charge in [0.25, 0.3) is 0 Å². The Morgan fingerprint density at radius 1 is 1.42 bits per heavy atom. The molecule has 0 aromatic heterocycles. The third kappa shape index (κ3) is 7.42. The average molecular weight is 179 g/mol. The molecule has 70 valence electrons. The van der Waals surface area contributed by atoms with E-state index in [0.717, 1.165) is 0 Å². The Balaban J connectivity index is 3.48. The van der Waals surface area contributed by atoms with Crippen molar-refractivity contribution < 1.29 is 13.2 Å². The minimum Gasteiger partial charge on any atom is -0.327 e. The fourth-order valence-corrected chi connectivity index (χ4v) is 0.866. The second-order valence-electron chi connectivity index (χ2n) is 2.68. The third-order valence-electron chi connectivity index (χ3n) is 1.39. The Bertz CT molecular complexity index is 157. The molecule has 1 atom stereocenters. The lowest BCUT2D eigenvalue weighted by Crippen LogP contribution is -2.27. The molecule has 0 bridgehead atoms. The first-order valence-corrected chi connectivity index (χ1v) is 3.71. The monoisotopic (exact) mass is 179 g/mol. The molecule has 0 aliphatic heterocycles. The van der Waals surface area contributed by atoms with Gasteiger partial charge in [-0.25, -0.2) is 0 Å². The first kappa shape index (κ1) is 11.3. The highest BCUT2D eigenvalue weighted by Crippen LogP contribution is 2.22. The molecule has 0 aliphatic carbocycles. The molecule has 0 aromatic carbocycles. The van der Waals surface area contributed by atoms with E-state index < -0.39 is 18.6 Å². The van der Waals surface area contributed by atoms with Crippen LogP contribution in [0.4, 0.5) is 13.2 Å². The predicted octanol–water partition coefficient (Wildman–Crippen LogP) is 2.07. The maximum Gasteiger partial charge on any atom is 0.390 e. The zero-order chi connectivity index (χ0) is 9.61. The number of rotatable bonds is 4. The van der Waals surface area contributed by atoms with Gasteiger partial charge in [-0.1, -0.05) is 0 Å².